The number of amides is 1. The van der Waals surface area contributed by atoms with Gasteiger partial charge in [-0.1, -0.05) is 45.0 Å². The first kappa shape index (κ1) is 24.5. The molecule has 1 fully saturated rings. The molecule has 0 spiro atoms. The van der Waals surface area contributed by atoms with Gasteiger partial charge in [0.25, 0.3) is 11.7 Å². The number of rotatable bonds is 9. The van der Waals surface area contributed by atoms with Crippen LogP contribution in [0.25, 0.3) is 5.76 Å². The number of aliphatic hydroxyl groups excluding tert-OH is 1. The number of ketones is 1. The van der Waals surface area contributed by atoms with Crippen molar-refractivity contribution in [1.29, 1.82) is 0 Å². The molecule has 2 aromatic carbocycles. The zero-order chi connectivity index (χ0) is 24.1. The van der Waals surface area contributed by atoms with Crippen molar-refractivity contribution in [3.05, 3.63) is 70.3 Å². The highest BCUT2D eigenvalue weighted by atomic mass is 16.5. The van der Waals surface area contributed by atoms with E-state index in [1.807, 2.05) is 31.2 Å². The number of carbonyl (C=O) groups excluding carboxylic acids is 2. The smallest absolute Gasteiger partial charge is 0.295 e. The van der Waals surface area contributed by atoms with Crippen LogP contribution in [0, 0.1) is 12.8 Å². The molecule has 1 aliphatic heterocycles. The number of methoxy groups -OCH3 is 1. The largest absolute Gasteiger partial charge is 0.507 e. The molecule has 0 saturated carbocycles. The summed E-state index contributed by atoms with van der Waals surface area (Å²) in [5.41, 5.74) is 3.34. The number of nitrogens with zero attached hydrogens (tertiary/aromatic N) is 1. The highest BCUT2D eigenvalue weighted by molar-refractivity contribution is 6.46. The van der Waals surface area contributed by atoms with E-state index in [0.29, 0.717) is 18.1 Å². The quantitative estimate of drug-likeness (QED) is 0.341. The summed E-state index contributed by atoms with van der Waals surface area (Å²) < 4.78 is 11.0. The predicted molar refractivity (Wildman–Crippen MR) is 128 cm³/mol. The standard InChI is InChI=1S/C27H33NO5/c1-6-19-7-9-20(10-8-19)24-23(26(30)27(31)28(24)13-14-32-5)25(29)21-11-12-22(18(4)15-21)33-16-17(2)3/h7-12,15,17,24,29H,6,13-14,16H2,1-5H3/t24-/m0/s1. The first-order chi connectivity index (χ1) is 15.8. The topological polar surface area (TPSA) is 76.1 Å². The molecule has 2 aromatic rings. The van der Waals surface area contributed by atoms with Crippen LogP contribution in [0.2, 0.25) is 0 Å². The van der Waals surface area contributed by atoms with Crippen LogP contribution in [0.5, 0.6) is 5.75 Å². The van der Waals surface area contributed by atoms with Crippen LogP contribution in [0.15, 0.2) is 48.0 Å². The van der Waals surface area contributed by atoms with Crippen molar-refractivity contribution in [3.8, 4) is 5.75 Å². The van der Waals surface area contributed by atoms with Crippen LogP contribution in [-0.2, 0) is 20.7 Å². The number of likely N-dealkylation sites (tertiary alicyclic amines) is 1. The van der Waals surface area contributed by atoms with E-state index < -0.39 is 17.7 Å². The van der Waals surface area contributed by atoms with Gasteiger partial charge in [0.1, 0.15) is 11.5 Å². The Labute approximate surface area is 195 Å². The Balaban J connectivity index is 2.06. The Kier molecular flexibility index (Phi) is 7.92. The maximum Gasteiger partial charge on any atom is 0.295 e. The van der Waals surface area contributed by atoms with Gasteiger partial charge in [0.2, 0.25) is 0 Å². The van der Waals surface area contributed by atoms with E-state index in [1.54, 1.807) is 25.3 Å². The highest BCUT2D eigenvalue weighted by Crippen LogP contribution is 2.39. The molecule has 1 saturated heterocycles. The van der Waals surface area contributed by atoms with Crippen molar-refractivity contribution in [1.82, 2.24) is 4.90 Å². The summed E-state index contributed by atoms with van der Waals surface area (Å²) in [5.74, 6) is -0.388. The monoisotopic (exact) mass is 451 g/mol. The van der Waals surface area contributed by atoms with Gasteiger partial charge in [0.05, 0.1) is 24.8 Å². The average Bonchev–Trinajstić information content (AvgIpc) is 3.06. The zero-order valence-electron chi connectivity index (χ0n) is 20.1. The number of ether oxygens (including phenoxy) is 2. The van der Waals surface area contributed by atoms with Gasteiger partial charge in [-0.15, -0.1) is 0 Å². The minimum Gasteiger partial charge on any atom is -0.507 e. The van der Waals surface area contributed by atoms with Gasteiger partial charge in [-0.2, -0.15) is 0 Å². The molecule has 0 radical (unpaired) electrons. The fourth-order valence-electron chi connectivity index (χ4n) is 3.95. The van der Waals surface area contributed by atoms with Crippen molar-refractivity contribution in [3.63, 3.8) is 0 Å². The van der Waals surface area contributed by atoms with Crippen LogP contribution < -0.4 is 4.74 Å². The molecule has 0 bridgehead atoms. The molecule has 1 heterocycles. The summed E-state index contributed by atoms with van der Waals surface area (Å²) in [5, 5.41) is 11.2. The number of Topliss-reactive ketones (excluding diaryl/α,β-unsaturated/α-hetero) is 1. The lowest BCUT2D eigenvalue weighted by Gasteiger charge is -2.25. The molecule has 6 heteroatoms. The highest BCUT2D eigenvalue weighted by Gasteiger charge is 2.45. The Morgan fingerprint density at radius 2 is 1.82 bits per heavy atom. The molecule has 3 rings (SSSR count). The second-order valence-electron chi connectivity index (χ2n) is 8.77. The van der Waals surface area contributed by atoms with Crippen molar-refractivity contribution in [2.45, 2.75) is 40.2 Å². The van der Waals surface area contributed by atoms with Crippen LogP contribution >= 0.6 is 0 Å². The van der Waals surface area contributed by atoms with E-state index in [0.717, 1.165) is 28.9 Å². The normalized spacial score (nSPS) is 17.8. The summed E-state index contributed by atoms with van der Waals surface area (Å²) in [6.07, 6.45) is 0.884. The van der Waals surface area contributed by atoms with Gasteiger partial charge in [0, 0.05) is 19.2 Å². The Bertz CT molecular complexity index is 1040. The van der Waals surface area contributed by atoms with Gasteiger partial charge in [-0.3, -0.25) is 9.59 Å². The molecule has 176 valence electrons. The fraction of sp³-hybridized carbons (Fsp3) is 0.407. The molecule has 6 nitrogen and oxygen atoms in total. The SMILES string of the molecule is CCc1ccc([C@H]2C(=C(O)c3ccc(OCC(C)C)c(C)c3)C(=O)C(=O)N2CCOC)cc1. The molecular weight excluding hydrogens is 418 g/mol. The molecule has 1 aliphatic rings. The van der Waals surface area contributed by atoms with Crippen molar-refractivity contribution < 1.29 is 24.2 Å². The number of aliphatic hydroxyl groups is 1. The van der Waals surface area contributed by atoms with E-state index in [4.69, 9.17) is 9.47 Å². The van der Waals surface area contributed by atoms with Gasteiger partial charge in [-0.05, 0) is 54.2 Å². The third kappa shape index (κ3) is 5.28. The maximum absolute atomic E-state index is 13.1. The van der Waals surface area contributed by atoms with Crippen LogP contribution in [0.1, 0.15) is 49.1 Å². The van der Waals surface area contributed by atoms with E-state index in [1.165, 1.54) is 4.90 Å². The molecule has 1 atom stereocenters. The third-order valence-electron chi connectivity index (χ3n) is 5.80. The van der Waals surface area contributed by atoms with E-state index in [-0.39, 0.29) is 24.5 Å². The predicted octanol–water partition coefficient (Wildman–Crippen LogP) is 4.66. The van der Waals surface area contributed by atoms with Crippen LogP contribution in [0.3, 0.4) is 0 Å². The van der Waals surface area contributed by atoms with E-state index >= 15 is 0 Å². The molecule has 33 heavy (non-hydrogen) atoms. The van der Waals surface area contributed by atoms with Crippen molar-refractivity contribution >= 4 is 17.4 Å². The maximum atomic E-state index is 13.1. The number of aryl methyl sites for hydroxylation is 2. The average molecular weight is 452 g/mol. The summed E-state index contributed by atoms with van der Waals surface area (Å²) in [6, 6.07) is 12.4. The molecule has 1 N–H and O–H groups in total. The summed E-state index contributed by atoms with van der Waals surface area (Å²) in [4.78, 5) is 27.4. The lowest BCUT2D eigenvalue weighted by Crippen LogP contribution is -2.32. The Hall–Kier alpha value is -3.12. The molecule has 1 amide bonds. The molecular formula is C27H33NO5. The van der Waals surface area contributed by atoms with Crippen LogP contribution in [-0.4, -0.2) is 48.6 Å². The lowest BCUT2D eigenvalue weighted by atomic mass is 9.94. The fourth-order valence-corrected chi connectivity index (χ4v) is 3.95. The minimum absolute atomic E-state index is 0.0931. The van der Waals surface area contributed by atoms with Crippen LogP contribution in [0.4, 0.5) is 0 Å². The molecule has 0 aliphatic carbocycles. The van der Waals surface area contributed by atoms with Crippen molar-refractivity contribution in [2.75, 3.05) is 26.9 Å². The third-order valence-corrected chi connectivity index (χ3v) is 5.80. The first-order valence-electron chi connectivity index (χ1n) is 11.4. The van der Waals surface area contributed by atoms with Gasteiger partial charge in [0.15, 0.2) is 0 Å². The molecule has 0 unspecified atom stereocenters. The summed E-state index contributed by atoms with van der Waals surface area (Å²) in [7, 11) is 1.55. The number of carbonyl (C=O) groups is 2. The zero-order valence-corrected chi connectivity index (χ0v) is 20.1. The second kappa shape index (κ2) is 10.7. The lowest BCUT2D eigenvalue weighted by molar-refractivity contribution is -0.140. The minimum atomic E-state index is -0.689. The molecule has 0 aromatic heterocycles. The van der Waals surface area contributed by atoms with Gasteiger partial charge >= 0.3 is 0 Å². The van der Waals surface area contributed by atoms with Crippen molar-refractivity contribution in [2.24, 2.45) is 5.92 Å². The Morgan fingerprint density at radius 1 is 1.12 bits per heavy atom. The second-order valence-corrected chi connectivity index (χ2v) is 8.77. The number of hydrogen-bond donors (Lipinski definition) is 1. The van der Waals surface area contributed by atoms with E-state index in [9.17, 15) is 14.7 Å². The number of benzene rings is 2. The van der Waals surface area contributed by atoms with Gasteiger partial charge < -0.3 is 19.5 Å². The summed E-state index contributed by atoms with van der Waals surface area (Å²) >= 11 is 0. The van der Waals surface area contributed by atoms with E-state index in [2.05, 4.69) is 20.8 Å². The van der Waals surface area contributed by atoms with Gasteiger partial charge in [-0.25, -0.2) is 0 Å². The Morgan fingerprint density at radius 3 is 2.39 bits per heavy atom. The number of hydrogen-bond acceptors (Lipinski definition) is 5. The first-order valence-corrected chi connectivity index (χ1v) is 11.4. The summed E-state index contributed by atoms with van der Waals surface area (Å²) in [6.45, 7) is 9.23.